The number of carboxylic acids is 1. The van der Waals surface area contributed by atoms with Crippen LogP contribution in [0.2, 0.25) is 0 Å². The van der Waals surface area contributed by atoms with Crippen molar-refractivity contribution >= 4 is 5.97 Å². The van der Waals surface area contributed by atoms with Crippen molar-refractivity contribution in [3.05, 3.63) is 0 Å². The summed E-state index contributed by atoms with van der Waals surface area (Å²) >= 11 is 0. The normalized spacial score (nSPS) is 19.8. The van der Waals surface area contributed by atoms with Gasteiger partial charge in [-0.1, -0.05) is 33.1 Å². The SMILES string of the molecule is CC(C)CCN(C)CC1(C(=O)O)CCCCC1. The van der Waals surface area contributed by atoms with Crippen LogP contribution in [-0.4, -0.2) is 36.1 Å². The third kappa shape index (κ3) is 4.30. The predicted octanol–water partition coefficient (Wildman–Crippen LogP) is 3.00. The van der Waals surface area contributed by atoms with Gasteiger partial charge in [0.15, 0.2) is 0 Å². The third-order valence-electron chi connectivity index (χ3n) is 3.93. The Morgan fingerprint density at radius 1 is 1.29 bits per heavy atom. The summed E-state index contributed by atoms with van der Waals surface area (Å²) in [5.74, 6) is 0.0955. The largest absolute Gasteiger partial charge is 0.481 e. The number of carbonyl (C=O) groups is 1. The van der Waals surface area contributed by atoms with Gasteiger partial charge in [-0.05, 0) is 38.8 Å². The van der Waals surface area contributed by atoms with E-state index < -0.39 is 11.4 Å². The van der Waals surface area contributed by atoms with Crippen LogP contribution in [0.4, 0.5) is 0 Å². The number of aliphatic carboxylic acids is 1. The van der Waals surface area contributed by atoms with Gasteiger partial charge in [0.05, 0.1) is 5.41 Å². The maximum atomic E-state index is 11.5. The molecule has 0 atom stereocenters. The highest BCUT2D eigenvalue weighted by Crippen LogP contribution is 2.37. The fourth-order valence-corrected chi connectivity index (χ4v) is 2.74. The first-order valence-electron chi connectivity index (χ1n) is 6.88. The molecule has 0 aromatic heterocycles. The van der Waals surface area contributed by atoms with Gasteiger partial charge >= 0.3 is 5.97 Å². The van der Waals surface area contributed by atoms with Crippen LogP contribution in [0.15, 0.2) is 0 Å². The first kappa shape index (κ1) is 14.5. The number of hydrogen-bond donors (Lipinski definition) is 1. The number of carboxylic acid groups (broad SMARTS) is 1. The molecule has 0 radical (unpaired) electrons. The number of nitrogens with zero attached hydrogens (tertiary/aromatic N) is 1. The Bertz CT molecular complexity index is 245. The van der Waals surface area contributed by atoms with E-state index in [1.807, 2.05) is 0 Å². The average Bonchev–Trinajstić information content (AvgIpc) is 2.27. The summed E-state index contributed by atoms with van der Waals surface area (Å²) in [5.41, 5.74) is -0.468. The van der Waals surface area contributed by atoms with Gasteiger partial charge in [-0.2, -0.15) is 0 Å². The molecule has 100 valence electrons. The molecule has 1 rings (SSSR count). The van der Waals surface area contributed by atoms with Gasteiger partial charge in [-0.25, -0.2) is 0 Å². The molecule has 0 aromatic rings. The molecule has 17 heavy (non-hydrogen) atoms. The summed E-state index contributed by atoms with van der Waals surface area (Å²) in [5, 5.41) is 9.49. The third-order valence-corrected chi connectivity index (χ3v) is 3.93. The predicted molar refractivity (Wildman–Crippen MR) is 70.1 cm³/mol. The molecule has 1 saturated carbocycles. The summed E-state index contributed by atoms with van der Waals surface area (Å²) in [6.07, 6.45) is 6.20. The van der Waals surface area contributed by atoms with E-state index in [9.17, 15) is 9.90 Å². The van der Waals surface area contributed by atoms with Gasteiger partial charge < -0.3 is 10.0 Å². The Kier molecular flexibility index (Phi) is 5.44. The molecule has 0 aliphatic heterocycles. The highest BCUT2D eigenvalue weighted by Gasteiger charge is 2.40. The molecular formula is C14H27NO2. The maximum Gasteiger partial charge on any atom is 0.310 e. The van der Waals surface area contributed by atoms with Crippen molar-refractivity contribution in [3.63, 3.8) is 0 Å². The highest BCUT2D eigenvalue weighted by molar-refractivity contribution is 5.75. The number of hydrogen-bond acceptors (Lipinski definition) is 2. The molecule has 3 heteroatoms. The van der Waals surface area contributed by atoms with Gasteiger partial charge in [-0.3, -0.25) is 4.79 Å². The Morgan fingerprint density at radius 2 is 1.88 bits per heavy atom. The van der Waals surface area contributed by atoms with Crippen LogP contribution in [0.5, 0.6) is 0 Å². The van der Waals surface area contributed by atoms with Crippen molar-refractivity contribution < 1.29 is 9.90 Å². The van der Waals surface area contributed by atoms with Crippen molar-refractivity contribution in [2.75, 3.05) is 20.1 Å². The first-order valence-corrected chi connectivity index (χ1v) is 6.88. The Balaban J connectivity index is 2.51. The molecule has 1 aliphatic rings. The topological polar surface area (TPSA) is 40.5 Å². The summed E-state index contributed by atoms with van der Waals surface area (Å²) in [4.78, 5) is 13.7. The fraction of sp³-hybridized carbons (Fsp3) is 0.929. The van der Waals surface area contributed by atoms with Crippen LogP contribution in [-0.2, 0) is 4.79 Å². The van der Waals surface area contributed by atoms with Crippen molar-refractivity contribution in [2.24, 2.45) is 11.3 Å². The van der Waals surface area contributed by atoms with Gasteiger partial charge in [0.25, 0.3) is 0 Å². The molecule has 0 aromatic carbocycles. The molecule has 1 aliphatic carbocycles. The van der Waals surface area contributed by atoms with E-state index in [2.05, 4.69) is 25.8 Å². The highest BCUT2D eigenvalue weighted by atomic mass is 16.4. The zero-order valence-corrected chi connectivity index (χ0v) is 11.5. The molecular weight excluding hydrogens is 214 g/mol. The van der Waals surface area contributed by atoms with Crippen molar-refractivity contribution in [3.8, 4) is 0 Å². The second kappa shape index (κ2) is 6.39. The van der Waals surface area contributed by atoms with Crippen LogP contribution in [0.3, 0.4) is 0 Å². The lowest BCUT2D eigenvalue weighted by atomic mass is 9.73. The van der Waals surface area contributed by atoms with Crippen molar-refractivity contribution in [1.82, 2.24) is 4.90 Å². The molecule has 0 amide bonds. The van der Waals surface area contributed by atoms with E-state index in [0.29, 0.717) is 5.92 Å². The minimum atomic E-state index is -0.589. The van der Waals surface area contributed by atoms with Crippen LogP contribution >= 0.6 is 0 Å². The molecule has 0 unspecified atom stereocenters. The molecule has 0 heterocycles. The van der Waals surface area contributed by atoms with E-state index in [4.69, 9.17) is 0 Å². The molecule has 0 bridgehead atoms. The maximum absolute atomic E-state index is 11.5. The van der Waals surface area contributed by atoms with E-state index in [1.54, 1.807) is 0 Å². The molecule has 1 fully saturated rings. The summed E-state index contributed by atoms with van der Waals surface area (Å²) in [6.45, 7) is 6.14. The Labute approximate surface area is 105 Å². The van der Waals surface area contributed by atoms with E-state index in [-0.39, 0.29) is 0 Å². The van der Waals surface area contributed by atoms with E-state index in [0.717, 1.165) is 45.2 Å². The standard InChI is InChI=1S/C14H27NO2/c1-12(2)7-10-15(3)11-14(13(16)17)8-5-4-6-9-14/h12H,4-11H2,1-3H3,(H,16,17). The van der Waals surface area contributed by atoms with Gasteiger partial charge in [-0.15, -0.1) is 0 Å². The van der Waals surface area contributed by atoms with Gasteiger partial charge in [0, 0.05) is 6.54 Å². The Morgan fingerprint density at radius 3 is 2.35 bits per heavy atom. The van der Waals surface area contributed by atoms with E-state index in [1.165, 1.54) is 6.42 Å². The van der Waals surface area contributed by atoms with Crippen LogP contribution in [0, 0.1) is 11.3 Å². The molecule has 1 N–H and O–H groups in total. The first-order chi connectivity index (χ1) is 7.96. The lowest BCUT2D eigenvalue weighted by molar-refractivity contribution is -0.152. The minimum Gasteiger partial charge on any atom is -0.481 e. The van der Waals surface area contributed by atoms with Crippen LogP contribution in [0.25, 0.3) is 0 Å². The van der Waals surface area contributed by atoms with Crippen LogP contribution in [0.1, 0.15) is 52.4 Å². The Hall–Kier alpha value is -0.570. The monoisotopic (exact) mass is 241 g/mol. The van der Waals surface area contributed by atoms with Crippen molar-refractivity contribution in [1.29, 1.82) is 0 Å². The van der Waals surface area contributed by atoms with Crippen LogP contribution < -0.4 is 0 Å². The fourth-order valence-electron chi connectivity index (χ4n) is 2.74. The zero-order valence-electron chi connectivity index (χ0n) is 11.5. The molecule has 0 saturated heterocycles. The summed E-state index contributed by atoms with van der Waals surface area (Å²) in [6, 6.07) is 0. The van der Waals surface area contributed by atoms with Gasteiger partial charge in [0.1, 0.15) is 0 Å². The smallest absolute Gasteiger partial charge is 0.310 e. The summed E-state index contributed by atoms with van der Waals surface area (Å²) in [7, 11) is 2.06. The zero-order chi connectivity index (χ0) is 12.9. The van der Waals surface area contributed by atoms with E-state index >= 15 is 0 Å². The second-order valence-corrected chi connectivity index (χ2v) is 6.07. The quantitative estimate of drug-likeness (QED) is 0.777. The average molecular weight is 241 g/mol. The lowest BCUT2D eigenvalue weighted by Crippen LogP contribution is -2.43. The molecule has 3 nitrogen and oxygen atoms in total. The van der Waals surface area contributed by atoms with Gasteiger partial charge in [0.2, 0.25) is 0 Å². The lowest BCUT2D eigenvalue weighted by Gasteiger charge is -2.36. The number of rotatable bonds is 6. The minimum absolute atomic E-state index is 0.468. The summed E-state index contributed by atoms with van der Waals surface area (Å²) < 4.78 is 0. The van der Waals surface area contributed by atoms with Crippen molar-refractivity contribution in [2.45, 2.75) is 52.4 Å². The second-order valence-electron chi connectivity index (χ2n) is 6.07. The molecule has 0 spiro atoms.